The van der Waals surface area contributed by atoms with Crippen molar-refractivity contribution in [2.24, 2.45) is 5.41 Å². The zero-order valence-electron chi connectivity index (χ0n) is 22.2. The van der Waals surface area contributed by atoms with Gasteiger partial charge in [-0.3, -0.25) is 0 Å². The summed E-state index contributed by atoms with van der Waals surface area (Å²) in [6.45, 7) is 0. The van der Waals surface area contributed by atoms with Crippen LogP contribution in [0.3, 0.4) is 0 Å². The number of esters is 1. The highest BCUT2D eigenvalue weighted by Crippen LogP contribution is 2.59. The minimum Gasteiger partial charge on any atom is -0.478 e. The minimum absolute atomic E-state index is 0.0762. The maximum Gasteiger partial charge on any atom is 0.344 e. The molecule has 0 radical (unpaired) electrons. The molecule has 2 bridgehead atoms. The smallest absolute Gasteiger partial charge is 0.344 e. The molecular weight excluding hydrogens is 533 g/mol. The molecule has 2 aliphatic heterocycles. The van der Waals surface area contributed by atoms with Gasteiger partial charge in [0.15, 0.2) is 16.7 Å². The summed E-state index contributed by atoms with van der Waals surface area (Å²) in [7, 11) is 0. The number of benzene rings is 1. The van der Waals surface area contributed by atoms with Gasteiger partial charge in [0.05, 0.1) is 10.3 Å². The van der Waals surface area contributed by atoms with Gasteiger partial charge in [-0.05, 0) is 81.8 Å². The Morgan fingerprint density at radius 2 is 1.75 bits per heavy atom. The number of thiazole rings is 1. The average molecular weight is 566 g/mol. The van der Waals surface area contributed by atoms with Crippen LogP contribution >= 0.6 is 11.3 Å². The van der Waals surface area contributed by atoms with Gasteiger partial charge in [0.25, 0.3) is 0 Å². The maximum atomic E-state index is 14.6. The number of aromatic nitrogens is 2. The minimum atomic E-state index is -1.16. The van der Waals surface area contributed by atoms with Crippen molar-refractivity contribution in [3.8, 4) is 0 Å². The molecule has 2 saturated heterocycles. The number of nitrogens with zero attached hydrogens (tertiary/aromatic N) is 3. The third-order valence-corrected chi connectivity index (χ3v) is 11.2. The second kappa shape index (κ2) is 8.99. The van der Waals surface area contributed by atoms with Crippen LogP contribution in [-0.2, 0) is 4.74 Å². The molecule has 8 rings (SSSR count). The molecule has 5 fully saturated rings. The standard InChI is InChI=1S/C30H32FN3O5S/c31-21-11-17(27(35)36)12-22-25(21)32-29(40-22)34-18-3-4-19(34)14-20(13-18)38-28(37)23-24(33-39-26(23)16-1-2-16)15-5-7-30(8-6-15)9-10-30/h11-12,15-16,18-20H,1-10,13-14H2,(H,35,36). The first-order chi connectivity index (χ1) is 19.4. The van der Waals surface area contributed by atoms with Crippen molar-refractivity contribution < 1.29 is 28.3 Å². The van der Waals surface area contributed by atoms with Crippen LogP contribution in [0.1, 0.15) is 121 Å². The molecule has 3 saturated carbocycles. The lowest BCUT2D eigenvalue weighted by molar-refractivity contribution is 0.0199. The fraction of sp³-hybridized carbons (Fsp3) is 0.600. The number of carboxylic acid groups (broad SMARTS) is 1. The summed E-state index contributed by atoms with van der Waals surface area (Å²) < 4.78 is 27.2. The first-order valence-corrected chi connectivity index (χ1v) is 15.5. The average Bonchev–Trinajstić information content (AvgIpc) is 3.80. The molecule has 10 heteroatoms. The van der Waals surface area contributed by atoms with E-state index in [0.717, 1.165) is 56.0 Å². The lowest BCUT2D eigenvalue weighted by Gasteiger charge is -2.38. The van der Waals surface area contributed by atoms with Crippen LogP contribution in [0.4, 0.5) is 9.52 Å². The number of carbonyl (C=O) groups is 2. The van der Waals surface area contributed by atoms with E-state index in [1.54, 1.807) is 0 Å². The third kappa shape index (κ3) is 4.13. The highest BCUT2D eigenvalue weighted by Gasteiger charge is 2.48. The number of carboxylic acids is 1. The topological polar surface area (TPSA) is 106 Å². The second-order valence-electron chi connectivity index (χ2n) is 12.8. The fourth-order valence-electron chi connectivity index (χ4n) is 7.56. The van der Waals surface area contributed by atoms with Crippen LogP contribution in [0.2, 0.25) is 0 Å². The molecule has 4 heterocycles. The van der Waals surface area contributed by atoms with Crippen molar-refractivity contribution in [2.75, 3.05) is 4.90 Å². The summed E-state index contributed by atoms with van der Waals surface area (Å²) >= 11 is 1.33. The van der Waals surface area contributed by atoms with E-state index in [1.807, 2.05) is 0 Å². The van der Waals surface area contributed by atoms with Crippen LogP contribution < -0.4 is 4.90 Å². The number of hydrogen-bond acceptors (Lipinski definition) is 8. The number of aromatic carboxylic acids is 1. The van der Waals surface area contributed by atoms with E-state index < -0.39 is 11.8 Å². The maximum absolute atomic E-state index is 14.6. The predicted octanol–water partition coefficient (Wildman–Crippen LogP) is 6.79. The Morgan fingerprint density at radius 3 is 2.40 bits per heavy atom. The Kier molecular flexibility index (Phi) is 5.57. The summed E-state index contributed by atoms with van der Waals surface area (Å²) in [5.41, 5.74) is 2.12. The van der Waals surface area contributed by atoms with Gasteiger partial charge in [0.2, 0.25) is 0 Å². The number of fused-ring (bicyclic) bond motifs is 3. The molecule has 0 amide bonds. The summed E-state index contributed by atoms with van der Waals surface area (Å²) in [6, 6.07) is 2.79. The van der Waals surface area contributed by atoms with Gasteiger partial charge in [0, 0.05) is 36.8 Å². The van der Waals surface area contributed by atoms with Gasteiger partial charge in [-0.15, -0.1) is 0 Å². The zero-order valence-corrected chi connectivity index (χ0v) is 23.1. The van der Waals surface area contributed by atoms with E-state index >= 15 is 0 Å². The second-order valence-corrected chi connectivity index (χ2v) is 13.8. The van der Waals surface area contributed by atoms with Gasteiger partial charge < -0.3 is 19.3 Å². The molecule has 5 aliphatic rings. The van der Waals surface area contributed by atoms with Crippen molar-refractivity contribution in [2.45, 2.75) is 107 Å². The van der Waals surface area contributed by atoms with Gasteiger partial charge in [0.1, 0.15) is 22.9 Å². The quantitative estimate of drug-likeness (QED) is 0.326. The number of halogens is 1. The van der Waals surface area contributed by atoms with E-state index in [1.165, 1.54) is 43.1 Å². The summed E-state index contributed by atoms with van der Waals surface area (Å²) in [4.78, 5) is 31.9. The SMILES string of the molecule is O=C(O)c1cc(F)c2nc(N3C4CCC3CC(OC(=O)c3c(C5CCC6(CC5)CC6)noc3C3CC3)C4)sc2c1. The molecule has 210 valence electrons. The van der Waals surface area contributed by atoms with Crippen LogP contribution in [0.5, 0.6) is 0 Å². The summed E-state index contributed by atoms with van der Waals surface area (Å²) in [5.74, 6) is -0.787. The number of hydrogen-bond donors (Lipinski definition) is 1. The fourth-order valence-corrected chi connectivity index (χ4v) is 8.72. The zero-order chi connectivity index (χ0) is 27.2. The van der Waals surface area contributed by atoms with E-state index in [2.05, 4.69) is 15.0 Å². The van der Waals surface area contributed by atoms with Gasteiger partial charge in [-0.25, -0.2) is 19.0 Å². The van der Waals surface area contributed by atoms with Crippen LogP contribution in [0.25, 0.3) is 10.2 Å². The van der Waals surface area contributed by atoms with Crippen molar-refractivity contribution in [1.82, 2.24) is 10.1 Å². The highest BCUT2D eigenvalue weighted by molar-refractivity contribution is 7.22. The number of ether oxygens (including phenoxy) is 1. The first kappa shape index (κ1) is 24.8. The summed E-state index contributed by atoms with van der Waals surface area (Å²) in [6.07, 6.45) is 12.4. The van der Waals surface area contributed by atoms with Crippen LogP contribution in [0.15, 0.2) is 16.7 Å². The van der Waals surface area contributed by atoms with Crippen molar-refractivity contribution >= 4 is 38.6 Å². The molecule has 3 aromatic rings. The van der Waals surface area contributed by atoms with E-state index in [0.29, 0.717) is 33.7 Å². The molecule has 1 spiro atoms. The lowest BCUT2D eigenvalue weighted by atomic mass is 9.77. The normalized spacial score (nSPS) is 27.4. The molecule has 2 aromatic heterocycles. The van der Waals surface area contributed by atoms with Crippen molar-refractivity contribution in [3.63, 3.8) is 0 Å². The van der Waals surface area contributed by atoms with Crippen molar-refractivity contribution in [3.05, 3.63) is 40.5 Å². The first-order valence-electron chi connectivity index (χ1n) is 14.7. The van der Waals surface area contributed by atoms with Crippen LogP contribution in [-0.4, -0.2) is 45.4 Å². The largest absolute Gasteiger partial charge is 0.478 e. The number of carbonyl (C=O) groups excluding carboxylic acids is 1. The van der Waals surface area contributed by atoms with Crippen molar-refractivity contribution in [1.29, 1.82) is 0 Å². The van der Waals surface area contributed by atoms with Crippen LogP contribution in [0, 0.1) is 11.2 Å². The molecule has 1 aromatic carbocycles. The van der Waals surface area contributed by atoms with E-state index in [9.17, 15) is 19.1 Å². The lowest BCUT2D eigenvalue weighted by Crippen LogP contribution is -2.46. The Balaban J connectivity index is 1.00. The Morgan fingerprint density at radius 1 is 1.02 bits per heavy atom. The van der Waals surface area contributed by atoms with Gasteiger partial charge in [-0.1, -0.05) is 16.5 Å². The number of anilines is 1. The molecule has 8 nitrogen and oxygen atoms in total. The summed E-state index contributed by atoms with van der Waals surface area (Å²) in [5, 5.41) is 14.5. The van der Waals surface area contributed by atoms with E-state index in [4.69, 9.17) is 9.26 Å². The molecule has 2 unspecified atom stereocenters. The van der Waals surface area contributed by atoms with E-state index in [-0.39, 0.29) is 47.1 Å². The third-order valence-electron chi connectivity index (χ3n) is 10.2. The molecule has 3 aliphatic carbocycles. The Bertz CT molecular complexity index is 1500. The Labute approximate surface area is 234 Å². The predicted molar refractivity (Wildman–Crippen MR) is 146 cm³/mol. The molecule has 1 N–H and O–H groups in total. The molecule has 40 heavy (non-hydrogen) atoms. The monoisotopic (exact) mass is 565 g/mol. The molecule has 2 atom stereocenters. The number of piperidine rings is 1. The highest BCUT2D eigenvalue weighted by atomic mass is 32.1. The van der Waals surface area contributed by atoms with Gasteiger partial charge >= 0.3 is 11.9 Å². The number of rotatable bonds is 6. The molecular formula is C30H32FN3O5S. The van der Waals surface area contributed by atoms with Gasteiger partial charge in [-0.2, -0.15) is 0 Å². The Hall–Kier alpha value is -3.01.